The number of amides is 1. The van der Waals surface area contributed by atoms with E-state index in [1.807, 2.05) is 30.3 Å². The molecule has 0 radical (unpaired) electrons. The summed E-state index contributed by atoms with van der Waals surface area (Å²) in [5, 5.41) is 6.68. The Kier molecular flexibility index (Phi) is 5.15. The number of nitrogens with zero attached hydrogens (tertiary/aromatic N) is 1. The fourth-order valence-corrected chi connectivity index (χ4v) is 1.84. The molecule has 1 aromatic carbocycles. The van der Waals surface area contributed by atoms with Crippen molar-refractivity contribution in [3.63, 3.8) is 0 Å². The Labute approximate surface area is 123 Å². The highest BCUT2D eigenvalue weighted by molar-refractivity contribution is 5.90. The van der Waals surface area contributed by atoms with Gasteiger partial charge in [-0.25, -0.2) is 4.79 Å². The maximum atomic E-state index is 11.8. The van der Waals surface area contributed by atoms with Crippen molar-refractivity contribution in [3.05, 3.63) is 48.7 Å². The number of aryl methyl sites for hydroxylation is 1. The predicted octanol–water partition coefficient (Wildman–Crippen LogP) is 4.16. The van der Waals surface area contributed by atoms with Crippen LogP contribution < -0.4 is 5.32 Å². The Balaban J connectivity index is 2.05. The van der Waals surface area contributed by atoms with Gasteiger partial charge >= 0.3 is 6.09 Å². The van der Waals surface area contributed by atoms with Crippen molar-refractivity contribution in [1.82, 2.24) is 5.16 Å². The number of rotatable bonds is 6. The van der Waals surface area contributed by atoms with Crippen molar-refractivity contribution in [2.24, 2.45) is 0 Å². The van der Waals surface area contributed by atoms with Crippen molar-refractivity contribution >= 4 is 11.8 Å². The van der Waals surface area contributed by atoms with Crippen molar-refractivity contribution in [3.8, 4) is 11.3 Å². The van der Waals surface area contributed by atoms with E-state index in [0.29, 0.717) is 23.7 Å². The average molecular weight is 286 g/mol. The first-order valence-electron chi connectivity index (χ1n) is 6.78. The lowest BCUT2D eigenvalue weighted by molar-refractivity contribution is 0.160. The summed E-state index contributed by atoms with van der Waals surface area (Å²) in [4.78, 5) is 11.8. The summed E-state index contributed by atoms with van der Waals surface area (Å²) in [6.07, 6.45) is 2.85. The van der Waals surface area contributed by atoms with Gasteiger partial charge in [0.15, 0.2) is 5.76 Å². The molecule has 0 unspecified atom stereocenters. The maximum absolute atomic E-state index is 11.8. The zero-order valence-electron chi connectivity index (χ0n) is 12.0. The van der Waals surface area contributed by atoms with Crippen LogP contribution in [0.4, 0.5) is 10.5 Å². The van der Waals surface area contributed by atoms with E-state index in [-0.39, 0.29) is 0 Å². The minimum Gasteiger partial charge on any atom is -0.449 e. The minimum absolute atomic E-state index is 0.350. The molecule has 1 N–H and O–H groups in total. The van der Waals surface area contributed by atoms with Crippen molar-refractivity contribution in [2.45, 2.75) is 19.8 Å². The smallest absolute Gasteiger partial charge is 0.411 e. The highest BCUT2D eigenvalue weighted by Gasteiger charge is 2.17. The molecule has 0 aliphatic heterocycles. The van der Waals surface area contributed by atoms with Gasteiger partial charge in [0.25, 0.3) is 0 Å². The van der Waals surface area contributed by atoms with Crippen LogP contribution in [0.3, 0.4) is 0 Å². The molecule has 5 heteroatoms. The molecule has 5 nitrogen and oxygen atoms in total. The third kappa shape index (κ3) is 3.95. The van der Waals surface area contributed by atoms with E-state index in [4.69, 9.17) is 9.26 Å². The van der Waals surface area contributed by atoms with E-state index in [1.165, 1.54) is 0 Å². The number of ether oxygens (including phenoxy) is 1. The van der Waals surface area contributed by atoms with Crippen LogP contribution in [0.1, 0.15) is 18.6 Å². The van der Waals surface area contributed by atoms with Crippen molar-refractivity contribution in [2.75, 3.05) is 11.9 Å². The first-order chi connectivity index (χ1) is 10.2. The van der Waals surface area contributed by atoms with Gasteiger partial charge in [0.2, 0.25) is 0 Å². The molecule has 0 aliphatic carbocycles. The third-order valence-corrected chi connectivity index (χ3v) is 2.92. The summed E-state index contributed by atoms with van der Waals surface area (Å²) in [6.45, 7) is 5.71. The topological polar surface area (TPSA) is 64.4 Å². The van der Waals surface area contributed by atoms with Gasteiger partial charge in [0.05, 0.1) is 6.61 Å². The first kappa shape index (κ1) is 14.8. The molecular formula is C16H18N2O3. The van der Waals surface area contributed by atoms with Crippen LogP contribution >= 0.6 is 0 Å². The number of hydrogen-bond donors (Lipinski definition) is 1. The molecule has 110 valence electrons. The second-order valence-electron chi connectivity index (χ2n) is 4.52. The van der Waals surface area contributed by atoms with Gasteiger partial charge in [-0.2, -0.15) is 0 Å². The lowest BCUT2D eigenvalue weighted by Gasteiger charge is -2.06. The summed E-state index contributed by atoms with van der Waals surface area (Å²) in [5.41, 5.74) is 2.00. The number of nitrogens with one attached hydrogen (secondary N) is 1. The van der Waals surface area contributed by atoms with Crippen LogP contribution in [0.2, 0.25) is 0 Å². The van der Waals surface area contributed by atoms with Crippen LogP contribution in [-0.2, 0) is 4.74 Å². The summed E-state index contributed by atoms with van der Waals surface area (Å²) in [5.74, 6) is 0.539. The molecule has 2 aromatic rings. The fourth-order valence-electron chi connectivity index (χ4n) is 1.84. The van der Waals surface area contributed by atoms with Crippen LogP contribution in [0.15, 0.2) is 47.5 Å². The number of carbonyl (C=O) groups excluding carboxylic acids is 1. The number of hydrogen-bond acceptors (Lipinski definition) is 4. The van der Waals surface area contributed by atoms with Crippen LogP contribution in [0.25, 0.3) is 11.3 Å². The Morgan fingerprint density at radius 1 is 1.43 bits per heavy atom. The van der Waals surface area contributed by atoms with Gasteiger partial charge in [-0.05, 0) is 19.8 Å². The number of allylic oxidation sites excluding steroid dienone is 1. The second kappa shape index (κ2) is 7.28. The molecule has 0 atom stereocenters. The molecule has 1 amide bonds. The van der Waals surface area contributed by atoms with E-state index in [1.54, 1.807) is 13.0 Å². The molecule has 0 saturated carbocycles. The van der Waals surface area contributed by atoms with Crippen LogP contribution in [0.5, 0.6) is 0 Å². The molecule has 1 aromatic heterocycles. The minimum atomic E-state index is -0.512. The predicted molar refractivity (Wildman–Crippen MR) is 81.1 cm³/mol. The molecule has 0 saturated heterocycles. The quantitative estimate of drug-likeness (QED) is 0.639. The normalized spacial score (nSPS) is 10.1. The lowest BCUT2D eigenvalue weighted by atomic mass is 10.1. The summed E-state index contributed by atoms with van der Waals surface area (Å²) < 4.78 is 10.3. The molecule has 0 bridgehead atoms. The van der Waals surface area contributed by atoms with E-state index < -0.39 is 6.09 Å². The number of anilines is 1. The fraction of sp³-hybridized carbons (Fsp3) is 0.250. The molecule has 0 spiro atoms. The molecular weight excluding hydrogens is 268 g/mol. The van der Waals surface area contributed by atoms with Gasteiger partial charge in [-0.1, -0.05) is 41.6 Å². The Bertz CT molecular complexity index is 605. The average Bonchev–Trinajstić information content (AvgIpc) is 2.86. The van der Waals surface area contributed by atoms with Crippen LogP contribution in [-0.4, -0.2) is 17.9 Å². The number of benzene rings is 1. The number of aromatic nitrogens is 1. The van der Waals surface area contributed by atoms with Gasteiger partial charge in [-0.3, -0.25) is 5.32 Å². The van der Waals surface area contributed by atoms with E-state index in [9.17, 15) is 4.79 Å². The largest absolute Gasteiger partial charge is 0.449 e. The van der Waals surface area contributed by atoms with Crippen molar-refractivity contribution < 1.29 is 14.1 Å². The zero-order chi connectivity index (χ0) is 15.1. The molecule has 1 heterocycles. The summed E-state index contributed by atoms with van der Waals surface area (Å²) in [7, 11) is 0. The number of carbonyl (C=O) groups is 1. The molecule has 0 fully saturated rings. The highest BCUT2D eigenvalue weighted by Crippen LogP contribution is 2.29. The third-order valence-electron chi connectivity index (χ3n) is 2.92. The maximum Gasteiger partial charge on any atom is 0.411 e. The van der Waals surface area contributed by atoms with Crippen molar-refractivity contribution in [1.29, 1.82) is 0 Å². The van der Waals surface area contributed by atoms with Gasteiger partial charge in [0, 0.05) is 5.56 Å². The lowest BCUT2D eigenvalue weighted by Crippen LogP contribution is -2.15. The Morgan fingerprint density at radius 3 is 2.90 bits per heavy atom. The van der Waals surface area contributed by atoms with Gasteiger partial charge in [0.1, 0.15) is 11.4 Å². The SMILES string of the molecule is C=CCCCOC(=O)Nc1c(-c2ccccc2)noc1C. The Morgan fingerprint density at radius 2 is 2.19 bits per heavy atom. The number of unbranched alkanes of at least 4 members (excludes halogenated alkanes) is 1. The highest BCUT2D eigenvalue weighted by atomic mass is 16.5. The Hall–Kier alpha value is -2.56. The van der Waals surface area contributed by atoms with Gasteiger partial charge < -0.3 is 9.26 Å². The van der Waals surface area contributed by atoms with E-state index in [2.05, 4.69) is 17.1 Å². The standard InChI is InChI=1S/C16H18N2O3/c1-3-4-8-11-20-16(19)17-14-12(2)21-18-15(14)13-9-6-5-7-10-13/h3,5-7,9-10H,1,4,8,11H2,2H3,(H,17,19). The molecule has 21 heavy (non-hydrogen) atoms. The van der Waals surface area contributed by atoms with E-state index in [0.717, 1.165) is 18.4 Å². The molecule has 0 aliphatic rings. The monoisotopic (exact) mass is 286 g/mol. The second-order valence-corrected chi connectivity index (χ2v) is 4.52. The molecule has 2 rings (SSSR count). The summed E-state index contributed by atoms with van der Waals surface area (Å²) in [6, 6.07) is 9.51. The van der Waals surface area contributed by atoms with Crippen LogP contribution in [0, 0.1) is 6.92 Å². The first-order valence-corrected chi connectivity index (χ1v) is 6.78. The summed E-state index contributed by atoms with van der Waals surface area (Å²) >= 11 is 0. The van der Waals surface area contributed by atoms with E-state index >= 15 is 0 Å². The zero-order valence-corrected chi connectivity index (χ0v) is 12.0. The van der Waals surface area contributed by atoms with Gasteiger partial charge in [-0.15, -0.1) is 6.58 Å².